The maximum atomic E-state index is 12.1. The summed E-state index contributed by atoms with van der Waals surface area (Å²) < 4.78 is 0. The van der Waals surface area contributed by atoms with Crippen LogP contribution in [0.1, 0.15) is 19.3 Å². The fraction of sp³-hybridized carbons (Fsp3) is 0.462. The number of anilines is 2. The number of nitrogens with zero attached hydrogens (tertiary/aromatic N) is 1. The van der Waals surface area contributed by atoms with Crippen LogP contribution >= 0.6 is 11.6 Å². The van der Waals surface area contributed by atoms with Crippen molar-refractivity contribution in [2.75, 3.05) is 24.3 Å². The summed E-state index contributed by atoms with van der Waals surface area (Å²) in [5.74, 6) is -0.126. The van der Waals surface area contributed by atoms with E-state index in [2.05, 4.69) is 5.32 Å². The van der Waals surface area contributed by atoms with E-state index in [1.54, 1.807) is 6.07 Å². The minimum atomic E-state index is -0.702. The summed E-state index contributed by atoms with van der Waals surface area (Å²) in [6.45, 7) is 0. The van der Waals surface area contributed by atoms with Crippen molar-refractivity contribution in [1.82, 2.24) is 0 Å². The quantitative estimate of drug-likeness (QED) is 0.883. The molecule has 1 saturated carbocycles. The molecule has 1 aromatic carbocycles. The zero-order chi connectivity index (χ0) is 13.3. The highest BCUT2D eigenvalue weighted by atomic mass is 35.5. The molecule has 0 radical (unpaired) electrons. The molecule has 1 aliphatic carbocycles. The van der Waals surface area contributed by atoms with Gasteiger partial charge in [0.2, 0.25) is 5.91 Å². The van der Waals surface area contributed by atoms with Crippen molar-refractivity contribution in [3.05, 3.63) is 23.2 Å². The summed E-state index contributed by atoms with van der Waals surface area (Å²) in [7, 11) is 3.77. The zero-order valence-electron chi connectivity index (χ0n) is 10.7. The maximum absolute atomic E-state index is 12.1. The van der Waals surface area contributed by atoms with Crippen LogP contribution in [0.2, 0.25) is 5.02 Å². The molecule has 4 nitrogen and oxygen atoms in total. The molecule has 2 rings (SSSR count). The van der Waals surface area contributed by atoms with E-state index >= 15 is 0 Å². The average Bonchev–Trinajstić information content (AvgIpc) is 2.25. The fourth-order valence-corrected chi connectivity index (χ4v) is 2.45. The van der Waals surface area contributed by atoms with E-state index in [0.29, 0.717) is 10.7 Å². The SMILES string of the molecule is CN(C)c1c(Cl)cccc1NC(=O)C1(N)CCC1. The summed E-state index contributed by atoms with van der Waals surface area (Å²) >= 11 is 6.15. The molecule has 5 heteroatoms. The van der Waals surface area contributed by atoms with Gasteiger partial charge in [-0.15, -0.1) is 0 Å². The lowest BCUT2D eigenvalue weighted by molar-refractivity contribution is -0.123. The predicted molar refractivity (Wildman–Crippen MR) is 75.2 cm³/mol. The van der Waals surface area contributed by atoms with Crippen LogP contribution < -0.4 is 16.0 Å². The largest absolute Gasteiger partial charge is 0.375 e. The van der Waals surface area contributed by atoms with Crippen LogP contribution in [0.25, 0.3) is 0 Å². The summed E-state index contributed by atoms with van der Waals surface area (Å²) in [6.07, 6.45) is 2.51. The average molecular weight is 268 g/mol. The van der Waals surface area contributed by atoms with Crippen molar-refractivity contribution in [3.8, 4) is 0 Å². The Hall–Kier alpha value is -1.26. The van der Waals surface area contributed by atoms with Crippen molar-refractivity contribution >= 4 is 28.9 Å². The second-order valence-electron chi connectivity index (χ2n) is 4.99. The van der Waals surface area contributed by atoms with Gasteiger partial charge in [-0.05, 0) is 31.4 Å². The molecule has 0 saturated heterocycles. The molecular weight excluding hydrogens is 250 g/mol. The first-order valence-electron chi connectivity index (χ1n) is 6.00. The van der Waals surface area contributed by atoms with Gasteiger partial charge in [0.15, 0.2) is 0 Å². The lowest BCUT2D eigenvalue weighted by Crippen LogP contribution is -2.56. The molecule has 0 unspecified atom stereocenters. The van der Waals surface area contributed by atoms with E-state index in [9.17, 15) is 4.79 Å². The van der Waals surface area contributed by atoms with Gasteiger partial charge in [-0.3, -0.25) is 4.79 Å². The number of para-hydroxylation sites is 1. The van der Waals surface area contributed by atoms with Gasteiger partial charge >= 0.3 is 0 Å². The number of halogens is 1. The van der Waals surface area contributed by atoms with Crippen LogP contribution in [0.5, 0.6) is 0 Å². The highest BCUT2D eigenvalue weighted by molar-refractivity contribution is 6.34. The number of hydrogen-bond donors (Lipinski definition) is 2. The van der Waals surface area contributed by atoms with E-state index in [-0.39, 0.29) is 5.91 Å². The highest BCUT2D eigenvalue weighted by Crippen LogP contribution is 2.35. The molecule has 0 bridgehead atoms. The number of rotatable bonds is 3. The molecule has 1 aromatic rings. The van der Waals surface area contributed by atoms with Crippen LogP contribution in [0.15, 0.2) is 18.2 Å². The molecule has 0 spiro atoms. The monoisotopic (exact) mass is 267 g/mol. The molecular formula is C13H18ClN3O. The smallest absolute Gasteiger partial charge is 0.244 e. The van der Waals surface area contributed by atoms with Crippen LogP contribution in [0.4, 0.5) is 11.4 Å². The Balaban J connectivity index is 2.24. The van der Waals surface area contributed by atoms with Gasteiger partial charge in [0.25, 0.3) is 0 Å². The van der Waals surface area contributed by atoms with E-state index < -0.39 is 5.54 Å². The van der Waals surface area contributed by atoms with Gasteiger partial charge in [-0.1, -0.05) is 17.7 Å². The molecule has 0 atom stereocenters. The Bertz CT molecular complexity index is 469. The summed E-state index contributed by atoms with van der Waals surface area (Å²) in [5.41, 5.74) is 6.80. The fourth-order valence-electron chi connectivity index (χ4n) is 2.10. The van der Waals surface area contributed by atoms with Gasteiger partial charge in [-0.2, -0.15) is 0 Å². The number of nitrogens with one attached hydrogen (secondary N) is 1. The predicted octanol–water partition coefficient (Wildman–Crippen LogP) is 2.23. The molecule has 0 aliphatic heterocycles. The van der Waals surface area contributed by atoms with Crippen molar-refractivity contribution in [3.63, 3.8) is 0 Å². The number of benzene rings is 1. The number of carbonyl (C=O) groups is 1. The van der Waals surface area contributed by atoms with Gasteiger partial charge in [0.1, 0.15) is 0 Å². The van der Waals surface area contributed by atoms with E-state index in [1.807, 2.05) is 31.1 Å². The van der Waals surface area contributed by atoms with Crippen molar-refractivity contribution in [2.45, 2.75) is 24.8 Å². The first kappa shape index (κ1) is 13.2. The zero-order valence-corrected chi connectivity index (χ0v) is 11.4. The van der Waals surface area contributed by atoms with Crippen LogP contribution in [-0.2, 0) is 4.79 Å². The molecule has 1 aliphatic rings. The lowest BCUT2D eigenvalue weighted by Gasteiger charge is -2.36. The summed E-state index contributed by atoms with van der Waals surface area (Å²) in [4.78, 5) is 14.0. The second-order valence-corrected chi connectivity index (χ2v) is 5.40. The Morgan fingerprint density at radius 1 is 1.44 bits per heavy atom. The third-order valence-electron chi connectivity index (χ3n) is 3.38. The second kappa shape index (κ2) is 4.78. The van der Waals surface area contributed by atoms with Crippen LogP contribution in [-0.4, -0.2) is 25.5 Å². The molecule has 1 amide bonds. The standard InChI is InChI=1S/C13H18ClN3O/c1-17(2)11-9(14)5-3-6-10(11)16-12(18)13(15)7-4-8-13/h3,5-6H,4,7-8,15H2,1-2H3,(H,16,18). The number of nitrogens with two attached hydrogens (primary N) is 1. The maximum Gasteiger partial charge on any atom is 0.244 e. The molecule has 1 fully saturated rings. The third-order valence-corrected chi connectivity index (χ3v) is 3.69. The highest BCUT2D eigenvalue weighted by Gasteiger charge is 2.40. The van der Waals surface area contributed by atoms with E-state index in [0.717, 1.165) is 24.9 Å². The number of hydrogen-bond acceptors (Lipinski definition) is 3. The van der Waals surface area contributed by atoms with Crippen molar-refractivity contribution in [1.29, 1.82) is 0 Å². The molecule has 3 N–H and O–H groups in total. The summed E-state index contributed by atoms with van der Waals surface area (Å²) in [5, 5.41) is 3.49. The topological polar surface area (TPSA) is 58.4 Å². The number of amides is 1. The lowest BCUT2D eigenvalue weighted by atomic mass is 9.77. The Labute approximate surface area is 112 Å². The minimum Gasteiger partial charge on any atom is -0.375 e. The Kier molecular flexibility index (Phi) is 3.50. The Morgan fingerprint density at radius 2 is 2.11 bits per heavy atom. The van der Waals surface area contributed by atoms with Gasteiger partial charge < -0.3 is 16.0 Å². The van der Waals surface area contributed by atoms with Gasteiger partial charge in [0.05, 0.1) is 21.9 Å². The van der Waals surface area contributed by atoms with Gasteiger partial charge in [-0.25, -0.2) is 0 Å². The van der Waals surface area contributed by atoms with Crippen molar-refractivity contribution < 1.29 is 4.79 Å². The minimum absolute atomic E-state index is 0.126. The van der Waals surface area contributed by atoms with E-state index in [1.165, 1.54) is 0 Å². The van der Waals surface area contributed by atoms with Gasteiger partial charge in [0, 0.05) is 14.1 Å². The molecule has 98 valence electrons. The van der Waals surface area contributed by atoms with Crippen LogP contribution in [0.3, 0.4) is 0 Å². The van der Waals surface area contributed by atoms with Crippen LogP contribution in [0, 0.1) is 0 Å². The first-order chi connectivity index (χ1) is 8.44. The Morgan fingerprint density at radius 3 is 2.61 bits per heavy atom. The third kappa shape index (κ3) is 2.31. The normalized spacial score (nSPS) is 16.9. The number of carbonyl (C=O) groups excluding carboxylic acids is 1. The van der Waals surface area contributed by atoms with E-state index in [4.69, 9.17) is 17.3 Å². The summed E-state index contributed by atoms with van der Waals surface area (Å²) in [6, 6.07) is 5.45. The van der Waals surface area contributed by atoms with Crippen molar-refractivity contribution in [2.24, 2.45) is 5.73 Å². The molecule has 18 heavy (non-hydrogen) atoms. The molecule has 0 heterocycles. The molecule has 0 aromatic heterocycles. The first-order valence-corrected chi connectivity index (χ1v) is 6.38.